The van der Waals surface area contributed by atoms with Crippen molar-refractivity contribution < 1.29 is 5.11 Å². The minimum atomic E-state index is -0.0842. The molecule has 0 aliphatic rings. The van der Waals surface area contributed by atoms with Gasteiger partial charge in [0.1, 0.15) is 0 Å². The Hall–Kier alpha value is -0.0800. The molecule has 2 nitrogen and oxygen atoms in total. The van der Waals surface area contributed by atoms with Gasteiger partial charge in [0.15, 0.2) is 0 Å². The van der Waals surface area contributed by atoms with Crippen LogP contribution in [0.1, 0.15) is 39.5 Å². The summed E-state index contributed by atoms with van der Waals surface area (Å²) < 4.78 is 0. The lowest BCUT2D eigenvalue weighted by molar-refractivity contribution is 0.155. The smallest absolute Gasteiger partial charge is 0.0537 e. The van der Waals surface area contributed by atoms with Crippen molar-refractivity contribution in [1.29, 1.82) is 0 Å². The molecule has 0 aliphatic carbocycles. The molecule has 0 aromatic rings. The first-order valence-electron chi connectivity index (χ1n) is 4.56. The van der Waals surface area contributed by atoms with Crippen LogP contribution >= 0.6 is 0 Å². The molecule has 0 saturated carbocycles. The van der Waals surface area contributed by atoms with Crippen LogP contribution in [0.2, 0.25) is 0 Å². The van der Waals surface area contributed by atoms with E-state index in [-0.39, 0.29) is 6.10 Å². The molecule has 11 heavy (non-hydrogen) atoms. The fourth-order valence-corrected chi connectivity index (χ4v) is 1.01. The minimum Gasteiger partial charge on any atom is -0.393 e. The summed E-state index contributed by atoms with van der Waals surface area (Å²) in [6.45, 7) is 4.19. The van der Waals surface area contributed by atoms with Crippen LogP contribution in [0.3, 0.4) is 0 Å². The number of hydrogen-bond donors (Lipinski definition) is 2. The van der Waals surface area contributed by atoms with Crippen LogP contribution in [0, 0.1) is 0 Å². The number of aliphatic hydroxyl groups excluding tert-OH is 1. The molecule has 0 unspecified atom stereocenters. The van der Waals surface area contributed by atoms with Gasteiger partial charge in [0, 0.05) is 6.04 Å². The zero-order valence-corrected chi connectivity index (χ0v) is 7.93. The molecule has 2 atom stereocenters. The van der Waals surface area contributed by atoms with Crippen LogP contribution in [0.5, 0.6) is 0 Å². The normalized spacial score (nSPS) is 16.4. The van der Waals surface area contributed by atoms with Crippen molar-refractivity contribution in [3.05, 3.63) is 0 Å². The van der Waals surface area contributed by atoms with Gasteiger partial charge < -0.3 is 10.4 Å². The first kappa shape index (κ1) is 10.9. The predicted molar refractivity (Wildman–Crippen MR) is 48.7 cm³/mol. The van der Waals surface area contributed by atoms with Gasteiger partial charge in [-0.05, 0) is 39.7 Å². The SMILES string of the molecule is CC[C@H](O)CCC[C@H](C)NC. The lowest BCUT2D eigenvalue weighted by atomic mass is 10.1. The predicted octanol–water partition coefficient (Wildman–Crippen LogP) is 1.54. The minimum absolute atomic E-state index is 0.0842. The molecule has 0 aromatic carbocycles. The van der Waals surface area contributed by atoms with Crippen molar-refractivity contribution in [2.45, 2.75) is 51.7 Å². The van der Waals surface area contributed by atoms with Crippen molar-refractivity contribution >= 4 is 0 Å². The summed E-state index contributed by atoms with van der Waals surface area (Å²) in [5.74, 6) is 0. The Labute approximate surface area is 70.0 Å². The first-order valence-corrected chi connectivity index (χ1v) is 4.56. The molecule has 68 valence electrons. The van der Waals surface area contributed by atoms with Gasteiger partial charge >= 0.3 is 0 Å². The molecule has 0 amide bonds. The van der Waals surface area contributed by atoms with E-state index in [0.29, 0.717) is 6.04 Å². The van der Waals surface area contributed by atoms with E-state index >= 15 is 0 Å². The first-order chi connectivity index (χ1) is 5.20. The highest BCUT2D eigenvalue weighted by molar-refractivity contribution is 4.59. The maximum absolute atomic E-state index is 9.22. The van der Waals surface area contributed by atoms with Gasteiger partial charge in [-0.25, -0.2) is 0 Å². The summed E-state index contributed by atoms with van der Waals surface area (Å²) in [5, 5.41) is 12.4. The number of rotatable bonds is 6. The molecule has 0 saturated heterocycles. The lowest BCUT2D eigenvalue weighted by Gasteiger charge is -2.11. The number of nitrogens with one attached hydrogen (secondary N) is 1. The molecule has 0 rings (SSSR count). The van der Waals surface area contributed by atoms with Gasteiger partial charge in [-0.2, -0.15) is 0 Å². The van der Waals surface area contributed by atoms with Crippen molar-refractivity contribution in [1.82, 2.24) is 5.32 Å². The van der Waals surface area contributed by atoms with Gasteiger partial charge in [0.2, 0.25) is 0 Å². The third-order valence-electron chi connectivity index (χ3n) is 2.14. The third kappa shape index (κ3) is 6.32. The Morgan fingerprint density at radius 3 is 2.45 bits per heavy atom. The molecular weight excluding hydrogens is 138 g/mol. The second-order valence-electron chi connectivity index (χ2n) is 3.18. The van der Waals surface area contributed by atoms with E-state index in [1.54, 1.807) is 0 Å². The van der Waals surface area contributed by atoms with Crippen LogP contribution in [0.4, 0.5) is 0 Å². The zero-order chi connectivity index (χ0) is 8.69. The fourth-order valence-electron chi connectivity index (χ4n) is 1.01. The second kappa shape index (κ2) is 6.62. The largest absolute Gasteiger partial charge is 0.393 e. The van der Waals surface area contributed by atoms with Crippen LogP contribution in [0.25, 0.3) is 0 Å². The van der Waals surface area contributed by atoms with Crippen LogP contribution in [0.15, 0.2) is 0 Å². The highest BCUT2D eigenvalue weighted by atomic mass is 16.3. The summed E-state index contributed by atoms with van der Waals surface area (Å²) >= 11 is 0. The number of aliphatic hydroxyl groups is 1. The quantitative estimate of drug-likeness (QED) is 0.616. The topological polar surface area (TPSA) is 32.3 Å². The van der Waals surface area contributed by atoms with E-state index in [0.717, 1.165) is 25.7 Å². The van der Waals surface area contributed by atoms with Crippen molar-refractivity contribution in [3.63, 3.8) is 0 Å². The average molecular weight is 159 g/mol. The zero-order valence-electron chi connectivity index (χ0n) is 7.93. The second-order valence-corrected chi connectivity index (χ2v) is 3.18. The van der Waals surface area contributed by atoms with E-state index < -0.39 is 0 Å². The Bertz CT molecular complexity index is 75.6. The molecule has 0 heterocycles. The molecule has 0 spiro atoms. The van der Waals surface area contributed by atoms with Gasteiger partial charge in [-0.3, -0.25) is 0 Å². The Balaban J connectivity index is 3.13. The molecule has 2 N–H and O–H groups in total. The van der Waals surface area contributed by atoms with E-state index in [1.807, 2.05) is 14.0 Å². The van der Waals surface area contributed by atoms with E-state index in [1.165, 1.54) is 0 Å². The molecular formula is C9H21NO. The van der Waals surface area contributed by atoms with Gasteiger partial charge in [0.25, 0.3) is 0 Å². The summed E-state index contributed by atoms with van der Waals surface area (Å²) in [6, 6.07) is 0.582. The van der Waals surface area contributed by atoms with Gasteiger partial charge in [0.05, 0.1) is 6.10 Å². The molecule has 0 bridgehead atoms. The monoisotopic (exact) mass is 159 g/mol. The Kier molecular flexibility index (Phi) is 6.57. The summed E-state index contributed by atoms with van der Waals surface area (Å²) in [5.41, 5.74) is 0. The third-order valence-corrected chi connectivity index (χ3v) is 2.14. The fraction of sp³-hybridized carbons (Fsp3) is 1.00. The molecule has 0 aromatic heterocycles. The summed E-state index contributed by atoms with van der Waals surface area (Å²) in [6.07, 6.45) is 4.03. The van der Waals surface area contributed by atoms with E-state index in [4.69, 9.17) is 0 Å². The number of hydrogen-bond acceptors (Lipinski definition) is 2. The molecule has 0 aliphatic heterocycles. The summed E-state index contributed by atoms with van der Waals surface area (Å²) in [7, 11) is 1.97. The molecule has 0 fully saturated rings. The van der Waals surface area contributed by atoms with E-state index in [9.17, 15) is 5.11 Å². The maximum atomic E-state index is 9.22. The summed E-state index contributed by atoms with van der Waals surface area (Å²) in [4.78, 5) is 0. The van der Waals surface area contributed by atoms with Gasteiger partial charge in [-0.15, -0.1) is 0 Å². The van der Waals surface area contributed by atoms with E-state index in [2.05, 4.69) is 12.2 Å². The van der Waals surface area contributed by atoms with Crippen molar-refractivity contribution in [3.8, 4) is 0 Å². The standard InChI is InChI=1S/C9H21NO/c1-4-9(11)7-5-6-8(2)10-3/h8-11H,4-7H2,1-3H3/t8-,9-/m0/s1. The Morgan fingerprint density at radius 1 is 1.36 bits per heavy atom. The van der Waals surface area contributed by atoms with Crippen molar-refractivity contribution in [2.75, 3.05) is 7.05 Å². The Morgan fingerprint density at radius 2 is 2.00 bits per heavy atom. The highest BCUT2D eigenvalue weighted by Crippen LogP contribution is 2.05. The molecule has 0 radical (unpaired) electrons. The van der Waals surface area contributed by atoms with Crippen LogP contribution < -0.4 is 5.32 Å². The highest BCUT2D eigenvalue weighted by Gasteiger charge is 2.02. The lowest BCUT2D eigenvalue weighted by Crippen LogP contribution is -2.21. The van der Waals surface area contributed by atoms with Crippen molar-refractivity contribution in [2.24, 2.45) is 0 Å². The maximum Gasteiger partial charge on any atom is 0.0537 e. The van der Waals surface area contributed by atoms with Crippen LogP contribution in [-0.4, -0.2) is 24.3 Å². The van der Waals surface area contributed by atoms with Crippen LogP contribution in [-0.2, 0) is 0 Å². The van der Waals surface area contributed by atoms with Gasteiger partial charge in [-0.1, -0.05) is 6.92 Å². The average Bonchev–Trinajstić information content (AvgIpc) is 2.04. The molecule has 2 heteroatoms.